The Labute approximate surface area is 156 Å². The van der Waals surface area contributed by atoms with E-state index >= 15 is 0 Å². The molecule has 3 atom stereocenters. The summed E-state index contributed by atoms with van der Waals surface area (Å²) in [4.78, 5) is 39.0. The zero-order chi connectivity index (χ0) is 18.7. The Balaban J connectivity index is 1.70. The molecule has 2 aromatic carbocycles. The molecule has 0 saturated heterocycles. The van der Waals surface area contributed by atoms with Crippen molar-refractivity contribution in [3.05, 3.63) is 71.4 Å². The monoisotopic (exact) mass is 357 g/mol. The van der Waals surface area contributed by atoms with Crippen molar-refractivity contribution in [2.75, 3.05) is 0 Å². The van der Waals surface area contributed by atoms with Crippen molar-refractivity contribution in [2.24, 2.45) is 18.9 Å². The molecule has 0 amide bonds. The van der Waals surface area contributed by atoms with Gasteiger partial charge in [0.25, 0.3) is 0 Å². The lowest BCUT2D eigenvalue weighted by molar-refractivity contribution is -0.122. The van der Waals surface area contributed by atoms with Crippen LogP contribution in [0.2, 0.25) is 0 Å². The molecule has 27 heavy (non-hydrogen) atoms. The number of ketones is 3. The molecule has 0 unspecified atom stereocenters. The molecule has 0 radical (unpaired) electrons. The van der Waals surface area contributed by atoms with E-state index in [1.807, 2.05) is 42.1 Å². The van der Waals surface area contributed by atoms with Crippen molar-refractivity contribution in [3.63, 3.8) is 0 Å². The molecular formula is C23H19NO3. The molecule has 134 valence electrons. The van der Waals surface area contributed by atoms with Gasteiger partial charge in [0.15, 0.2) is 11.6 Å². The van der Waals surface area contributed by atoms with Crippen LogP contribution in [0.3, 0.4) is 0 Å². The third kappa shape index (κ3) is 2.26. The molecule has 1 saturated carbocycles. The fourth-order valence-corrected chi connectivity index (χ4v) is 4.99. The van der Waals surface area contributed by atoms with Crippen LogP contribution in [0.25, 0.3) is 10.9 Å². The average Bonchev–Trinajstić information content (AvgIpc) is 3.02. The van der Waals surface area contributed by atoms with E-state index < -0.39 is 11.8 Å². The molecule has 1 fully saturated rings. The molecule has 1 heterocycles. The van der Waals surface area contributed by atoms with Gasteiger partial charge in [0.2, 0.25) is 0 Å². The summed E-state index contributed by atoms with van der Waals surface area (Å²) in [5.74, 6) is -1.26. The van der Waals surface area contributed by atoms with Crippen LogP contribution in [0.4, 0.5) is 0 Å². The van der Waals surface area contributed by atoms with E-state index in [-0.39, 0.29) is 29.7 Å². The average molecular weight is 357 g/mol. The standard InChI is InChI=1S/C23H19NO3/c1-24-12-19(14-6-4-5-9-20(14)24)17-10-13(25)11-18-21(17)23(27)16-8-3-2-7-15(16)22(18)26/h2-9,12,17-18,21H,10-11H2,1H3/t17-,18-,21+/m1/s1. The second-order valence-corrected chi connectivity index (χ2v) is 7.67. The van der Waals surface area contributed by atoms with Gasteiger partial charge >= 0.3 is 0 Å². The zero-order valence-corrected chi connectivity index (χ0v) is 15.0. The molecule has 3 aromatic rings. The summed E-state index contributed by atoms with van der Waals surface area (Å²) < 4.78 is 2.03. The maximum Gasteiger partial charge on any atom is 0.168 e. The minimum atomic E-state index is -0.544. The van der Waals surface area contributed by atoms with Crippen LogP contribution >= 0.6 is 0 Å². The molecule has 4 nitrogen and oxygen atoms in total. The van der Waals surface area contributed by atoms with Crippen LogP contribution in [-0.4, -0.2) is 21.9 Å². The fraction of sp³-hybridized carbons (Fsp3) is 0.261. The predicted octanol–water partition coefficient (Wildman–Crippen LogP) is 3.94. The number of hydrogen-bond acceptors (Lipinski definition) is 3. The smallest absolute Gasteiger partial charge is 0.168 e. The Morgan fingerprint density at radius 1 is 0.815 bits per heavy atom. The SMILES string of the molecule is Cn1cc([C@H]2CC(=O)C[C@H]3C(=O)c4ccccc4C(=O)[C@@H]23)c2ccccc21. The second kappa shape index (κ2) is 5.74. The minimum Gasteiger partial charge on any atom is -0.350 e. The highest BCUT2D eigenvalue weighted by Crippen LogP contribution is 2.47. The number of carbonyl (C=O) groups is 3. The Bertz CT molecular complexity index is 1120. The number of fused-ring (bicyclic) bond motifs is 3. The first kappa shape index (κ1) is 16.2. The summed E-state index contributed by atoms with van der Waals surface area (Å²) in [5.41, 5.74) is 3.03. The topological polar surface area (TPSA) is 56.1 Å². The van der Waals surface area contributed by atoms with Crippen molar-refractivity contribution in [2.45, 2.75) is 18.8 Å². The minimum absolute atomic E-state index is 0.000587. The van der Waals surface area contributed by atoms with Crippen molar-refractivity contribution in [1.29, 1.82) is 0 Å². The summed E-state index contributed by atoms with van der Waals surface area (Å²) in [7, 11) is 1.97. The summed E-state index contributed by atoms with van der Waals surface area (Å²) in [6.45, 7) is 0. The molecule has 0 aliphatic heterocycles. The highest BCUT2D eigenvalue weighted by Gasteiger charge is 2.49. The van der Waals surface area contributed by atoms with E-state index in [1.54, 1.807) is 24.3 Å². The molecule has 0 bridgehead atoms. The van der Waals surface area contributed by atoms with Gasteiger partial charge in [-0.15, -0.1) is 0 Å². The number of para-hydroxylation sites is 1. The normalized spacial score (nSPS) is 24.8. The van der Waals surface area contributed by atoms with Crippen molar-refractivity contribution >= 4 is 28.3 Å². The molecule has 2 aliphatic carbocycles. The van der Waals surface area contributed by atoms with Gasteiger partial charge in [0.05, 0.1) is 0 Å². The number of Topliss-reactive ketones (excluding diaryl/α,β-unsaturated/α-hetero) is 3. The summed E-state index contributed by atoms with van der Waals surface area (Å²) in [6, 6.07) is 15.0. The Hall–Kier alpha value is -3.01. The van der Waals surface area contributed by atoms with Gasteiger partial charge in [0.1, 0.15) is 5.78 Å². The van der Waals surface area contributed by atoms with Gasteiger partial charge in [-0.1, -0.05) is 42.5 Å². The summed E-state index contributed by atoms with van der Waals surface area (Å²) in [6.07, 6.45) is 2.50. The number of hydrogen-bond donors (Lipinski definition) is 0. The maximum absolute atomic E-state index is 13.4. The van der Waals surface area contributed by atoms with E-state index in [0.717, 1.165) is 16.5 Å². The highest BCUT2D eigenvalue weighted by atomic mass is 16.1. The molecule has 0 N–H and O–H groups in total. The molecular weight excluding hydrogens is 338 g/mol. The van der Waals surface area contributed by atoms with E-state index in [9.17, 15) is 14.4 Å². The first-order chi connectivity index (χ1) is 13.1. The first-order valence-corrected chi connectivity index (χ1v) is 9.29. The summed E-state index contributed by atoms with van der Waals surface area (Å²) >= 11 is 0. The zero-order valence-electron chi connectivity index (χ0n) is 15.0. The Morgan fingerprint density at radius 3 is 2.22 bits per heavy atom. The van der Waals surface area contributed by atoms with Gasteiger partial charge < -0.3 is 4.57 Å². The van der Waals surface area contributed by atoms with Crippen molar-refractivity contribution < 1.29 is 14.4 Å². The van der Waals surface area contributed by atoms with Gasteiger partial charge in [-0.25, -0.2) is 0 Å². The summed E-state index contributed by atoms with van der Waals surface area (Å²) in [5, 5.41) is 1.05. The second-order valence-electron chi connectivity index (χ2n) is 7.67. The molecule has 2 aliphatic rings. The van der Waals surface area contributed by atoms with Gasteiger partial charge in [0, 0.05) is 65.9 Å². The molecule has 4 heteroatoms. The van der Waals surface area contributed by atoms with Gasteiger partial charge in [-0.05, 0) is 11.6 Å². The number of carbonyl (C=O) groups excluding carboxylic acids is 3. The van der Waals surface area contributed by atoms with Crippen LogP contribution in [0.15, 0.2) is 54.7 Å². The van der Waals surface area contributed by atoms with Crippen molar-refractivity contribution in [1.82, 2.24) is 4.57 Å². The number of aryl methyl sites for hydroxylation is 1. The molecule has 1 aromatic heterocycles. The highest BCUT2D eigenvalue weighted by molar-refractivity contribution is 6.17. The van der Waals surface area contributed by atoms with E-state index in [1.165, 1.54) is 0 Å². The van der Waals surface area contributed by atoms with Crippen LogP contribution in [-0.2, 0) is 11.8 Å². The van der Waals surface area contributed by atoms with Crippen LogP contribution in [0.5, 0.6) is 0 Å². The van der Waals surface area contributed by atoms with Gasteiger partial charge in [-0.3, -0.25) is 14.4 Å². The Morgan fingerprint density at radius 2 is 1.44 bits per heavy atom. The lowest BCUT2D eigenvalue weighted by Gasteiger charge is -2.39. The maximum atomic E-state index is 13.4. The molecule has 0 spiro atoms. The van der Waals surface area contributed by atoms with Crippen LogP contribution in [0.1, 0.15) is 45.0 Å². The van der Waals surface area contributed by atoms with Crippen LogP contribution < -0.4 is 0 Å². The Kier molecular flexibility index (Phi) is 3.44. The lowest BCUT2D eigenvalue weighted by Crippen LogP contribution is -2.44. The first-order valence-electron chi connectivity index (χ1n) is 9.29. The van der Waals surface area contributed by atoms with E-state index in [0.29, 0.717) is 17.5 Å². The van der Waals surface area contributed by atoms with Crippen molar-refractivity contribution in [3.8, 4) is 0 Å². The molecule has 5 rings (SSSR count). The number of nitrogens with zero attached hydrogens (tertiary/aromatic N) is 1. The van der Waals surface area contributed by atoms with Crippen LogP contribution in [0, 0.1) is 11.8 Å². The predicted molar refractivity (Wildman–Crippen MR) is 102 cm³/mol. The van der Waals surface area contributed by atoms with E-state index in [2.05, 4.69) is 0 Å². The third-order valence-corrected chi connectivity index (χ3v) is 6.19. The van der Waals surface area contributed by atoms with E-state index in [4.69, 9.17) is 0 Å². The number of aromatic nitrogens is 1. The van der Waals surface area contributed by atoms with Gasteiger partial charge in [-0.2, -0.15) is 0 Å². The lowest BCUT2D eigenvalue weighted by atomic mass is 9.61. The fourth-order valence-electron chi connectivity index (χ4n) is 4.99. The number of benzene rings is 2. The third-order valence-electron chi connectivity index (χ3n) is 6.19. The number of rotatable bonds is 1. The largest absolute Gasteiger partial charge is 0.350 e. The quantitative estimate of drug-likeness (QED) is 0.663.